The molecule has 0 aromatic heterocycles. The van der Waals surface area contributed by atoms with E-state index in [1.807, 2.05) is 31.2 Å². The molecule has 88 valence electrons. The molecule has 1 aromatic carbocycles. The van der Waals surface area contributed by atoms with Crippen molar-refractivity contribution in [3.05, 3.63) is 29.8 Å². The van der Waals surface area contributed by atoms with E-state index in [4.69, 9.17) is 10.6 Å². The largest absolute Gasteiger partial charge is 0.497 e. The molecule has 0 aliphatic heterocycles. The third-order valence-electron chi connectivity index (χ3n) is 1.99. The second kappa shape index (κ2) is 8.80. The van der Waals surface area contributed by atoms with Crippen molar-refractivity contribution < 1.29 is 4.74 Å². The molecule has 1 atom stereocenters. The summed E-state index contributed by atoms with van der Waals surface area (Å²) in [6.07, 6.45) is 0.931. The average Bonchev–Trinajstić information content (AvgIpc) is 2.19. The summed E-state index contributed by atoms with van der Waals surface area (Å²) in [7, 11) is 1.67. The van der Waals surface area contributed by atoms with E-state index in [0.29, 0.717) is 6.04 Å². The second-order valence-electron chi connectivity index (χ2n) is 3.12. The van der Waals surface area contributed by atoms with Crippen LogP contribution >= 0.6 is 24.8 Å². The van der Waals surface area contributed by atoms with Crippen LogP contribution in [0.4, 0.5) is 0 Å². The van der Waals surface area contributed by atoms with E-state index in [9.17, 15) is 0 Å². The lowest BCUT2D eigenvalue weighted by Crippen LogP contribution is -2.33. The van der Waals surface area contributed by atoms with Crippen molar-refractivity contribution >= 4 is 24.8 Å². The highest BCUT2D eigenvalue weighted by Gasteiger charge is 2.00. The van der Waals surface area contributed by atoms with Gasteiger partial charge in [0, 0.05) is 6.04 Å². The van der Waals surface area contributed by atoms with Gasteiger partial charge in [-0.2, -0.15) is 0 Å². The molecule has 1 rings (SSSR count). The molecule has 0 bridgehead atoms. The van der Waals surface area contributed by atoms with Gasteiger partial charge in [0.05, 0.1) is 7.11 Å². The molecule has 0 saturated heterocycles. The Balaban J connectivity index is 0. The van der Waals surface area contributed by atoms with Crippen LogP contribution in [0, 0.1) is 0 Å². The zero-order valence-electron chi connectivity index (χ0n) is 8.90. The molecule has 0 fully saturated rings. The standard InChI is InChI=1S/C10H16N2O.2ClH/c1-8(12-11)7-9-3-5-10(13-2)6-4-9;;/h3-6,8,12H,7,11H2,1-2H3;2*1H. The molecule has 0 radical (unpaired) electrons. The third kappa shape index (κ3) is 5.85. The molecule has 0 heterocycles. The first-order valence-corrected chi connectivity index (χ1v) is 4.35. The van der Waals surface area contributed by atoms with Crippen LogP contribution in [-0.4, -0.2) is 13.2 Å². The normalized spacial score (nSPS) is 10.9. The first kappa shape index (κ1) is 16.9. The van der Waals surface area contributed by atoms with Crippen molar-refractivity contribution in [2.45, 2.75) is 19.4 Å². The van der Waals surface area contributed by atoms with Crippen LogP contribution in [-0.2, 0) is 6.42 Å². The predicted molar refractivity (Wildman–Crippen MR) is 68.0 cm³/mol. The summed E-state index contributed by atoms with van der Waals surface area (Å²) in [5.74, 6) is 6.19. The van der Waals surface area contributed by atoms with Crippen molar-refractivity contribution in [2.24, 2.45) is 5.84 Å². The van der Waals surface area contributed by atoms with Gasteiger partial charge < -0.3 is 4.74 Å². The summed E-state index contributed by atoms with van der Waals surface area (Å²) in [5, 5.41) is 0. The van der Waals surface area contributed by atoms with Gasteiger partial charge in [-0.15, -0.1) is 24.8 Å². The Hall–Kier alpha value is -0.480. The minimum Gasteiger partial charge on any atom is -0.497 e. The number of hydrazine groups is 1. The molecule has 0 spiro atoms. The summed E-state index contributed by atoms with van der Waals surface area (Å²) in [5.41, 5.74) is 3.97. The van der Waals surface area contributed by atoms with E-state index in [-0.39, 0.29) is 24.8 Å². The van der Waals surface area contributed by atoms with E-state index in [2.05, 4.69) is 5.43 Å². The molecule has 1 unspecified atom stereocenters. The van der Waals surface area contributed by atoms with Gasteiger partial charge in [-0.05, 0) is 31.0 Å². The monoisotopic (exact) mass is 252 g/mol. The lowest BCUT2D eigenvalue weighted by molar-refractivity contribution is 0.414. The highest BCUT2D eigenvalue weighted by molar-refractivity contribution is 5.85. The molecule has 0 aliphatic rings. The SMILES string of the molecule is COc1ccc(CC(C)NN)cc1.Cl.Cl. The Bertz CT molecular complexity index is 254. The quantitative estimate of drug-likeness (QED) is 0.636. The van der Waals surface area contributed by atoms with Crippen LogP contribution in [0.3, 0.4) is 0 Å². The number of hydrogen-bond acceptors (Lipinski definition) is 3. The summed E-state index contributed by atoms with van der Waals surface area (Å²) in [6, 6.07) is 8.31. The van der Waals surface area contributed by atoms with Crippen LogP contribution in [0.5, 0.6) is 5.75 Å². The third-order valence-corrected chi connectivity index (χ3v) is 1.99. The maximum atomic E-state index is 5.30. The summed E-state index contributed by atoms with van der Waals surface area (Å²) >= 11 is 0. The van der Waals surface area contributed by atoms with Crippen molar-refractivity contribution in [1.82, 2.24) is 5.43 Å². The van der Waals surface area contributed by atoms with Crippen LogP contribution in [0.2, 0.25) is 0 Å². The molecular formula is C10H18Cl2N2O. The predicted octanol–water partition coefficient (Wildman–Crippen LogP) is 1.93. The molecule has 0 saturated carbocycles. The second-order valence-corrected chi connectivity index (χ2v) is 3.12. The van der Waals surface area contributed by atoms with Crippen LogP contribution in [0.15, 0.2) is 24.3 Å². The van der Waals surface area contributed by atoms with Gasteiger partial charge in [0.25, 0.3) is 0 Å². The minimum absolute atomic E-state index is 0. The number of ether oxygens (including phenoxy) is 1. The Morgan fingerprint density at radius 2 is 1.80 bits per heavy atom. The average molecular weight is 253 g/mol. The van der Waals surface area contributed by atoms with Gasteiger partial charge in [0.1, 0.15) is 5.75 Å². The van der Waals surface area contributed by atoms with E-state index in [1.54, 1.807) is 7.11 Å². The number of nitrogens with one attached hydrogen (secondary N) is 1. The Morgan fingerprint density at radius 3 is 2.20 bits per heavy atom. The molecule has 3 nitrogen and oxygen atoms in total. The Morgan fingerprint density at radius 1 is 1.27 bits per heavy atom. The van der Waals surface area contributed by atoms with Crippen molar-refractivity contribution in [3.63, 3.8) is 0 Å². The van der Waals surface area contributed by atoms with Crippen molar-refractivity contribution in [2.75, 3.05) is 7.11 Å². The van der Waals surface area contributed by atoms with Crippen LogP contribution < -0.4 is 16.0 Å². The lowest BCUT2D eigenvalue weighted by atomic mass is 10.1. The van der Waals surface area contributed by atoms with Gasteiger partial charge in [0.15, 0.2) is 0 Å². The smallest absolute Gasteiger partial charge is 0.118 e. The number of hydrogen-bond donors (Lipinski definition) is 2. The van der Waals surface area contributed by atoms with Gasteiger partial charge >= 0.3 is 0 Å². The fourth-order valence-corrected chi connectivity index (χ4v) is 1.17. The zero-order chi connectivity index (χ0) is 9.68. The van der Waals surface area contributed by atoms with Crippen molar-refractivity contribution in [1.29, 1.82) is 0 Å². The number of methoxy groups -OCH3 is 1. The fourth-order valence-electron chi connectivity index (χ4n) is 1.17. The van der Waals surface area contributed by atoms with E-state index < -0.39 is 0 Å². The Labute approximate surface area is 103 Å². The van der Waals surface area contributed by atoms with Gasteiger partial charge in [-0.3, -0.25) is 11.3 Å². The maximum Gasteiger partial charge on any atom is 0.118 e. The molecule has 0 aliphatic carbocycles. The number of halogens is 2. The molecular weight excluding hydrogens is 235 g/mol. The topological polar surface area (TPSA) is 47.3 Å². The van der Waals surface area contributed by atoms with Crippen LogP contribution in [0.25, 0.3) is 0 Å². The summed E-state index contributed by atoms with van der Waals surface area (Å²) in [6.45, 7) is 2.05. The number of rotatable bonds is 4. The minimum atomic E-state index is 0. The van der Waals surface area contributed by atoms with Gasteiger partial charge in [0.2, 0.25) is 0 Å². The summed E-state index contributed by atoms with van der Waals surface area (Å²) < 4.78 is 5.06. The zero-order valence-corrected chi connectivity index (χ0v) is 10.5. The van der Waals surface area contributed by atoms with E-state index >= 15 is 0 Å². The Kier molecular flexibility index (Phi) is 9.93. The molecule has 5 heteroatoms. The van der Waals surface area contributed by atoms with E-state index in [1.165, 1.54) is 5.56 Å². The lowest BCUT2D eigenvalue weighted by Gasteiger charge is -2.09. The van der Waals surface area contributed by atoms with Crippen LogP contribution in [0.1, 0.15) is 12.5 Å². The molecule has 15 heavy (non-hydrogen) atoms. The molecule has 0 amide bonds. The van der Waals surface area contributed by atoms with Crippen molar-refractivity contribution in [3.8, 4) is 5.75 Å². The van der Waals surface area contributed by atoms with Gasteiger partial charge in [-0.1, -0.05) is 12.1 Å². The number of benzene rings is 1. The van der Waals surface area contributed by atoms with E-state index in [0.717, 1.165) is 12.2 Å². The maximum absolute atomic E-state index is 5.30. The fraction of sp³-hybridized carbons (Fsp3) is 0.400. The number of nitrogens with two attached hydrogens (primary N) is 1. The first-order chi connectivity index (χ1) is 6.26. The summed E-state index contributed by atoms with van der Waals surface area (Å²) in [4.78, 5) is 0. The molecule has 1 aromatic rings. The first-order valence-electron chi connectivity index (χ1n) is 4.35. The highest BCUT2D eigenvalue weighted by atomic mass is 35.5. The molecule has 3 N–H and O–H groups in total. The van der Waals surface area contributed by atoms with Gasteiger partial charge in [-0.25, -0.2) is 0 Å². The highest BCUT2D eigenvalue weighted by Crippen LogP contribution is 2.12.